The summed E-state index contributed by atoms with van der Waals surface area (Å²) >= 11 is 0. The first-order valence-corrected chi connectivity index (χ1v) is 13.4. The Bertz CT molecular complexity index is 1690. The molecular formula is C33H32N4O4. The highest BCUT2D eigenvalue weighted by Gasteiger charge is 2.36. The number of benzene rings is 4. The molecule has 0 saturated carbocycles. The number of hydrogen-bond acceptors (Lipinski definition) is 4. The maximum Gasteiger partial charge on any atom is 0.408 e. The number of fused-ring (bicyclic) bond motifs is 2. The number of para-hydroxylation sites is 1. The van der Waals surface area contributed by atoms with Crippen LogP contribution in [0.2, 0.25) is 0 Å². The van der Waals surface area contributed by atoms with Crippen molar-refractivity contribution in [2.24, 2.45) is 5.73 Å². The van der Waals surface area contributed by atoms with Crippen molar-refractivity contribution in [2.75, 3.05) is 0 Å². The zero-order valence-corrected chi connectivity index (χ0v) is 22.7. The summed E-state index contributed by atoms with van der Waals surface area (Å²) in [6.45, 7) is 1.61. The molecule has 0 saturated heterocycles. The molecule has 1 heterocycles. The minimum absolute atomic E-state index is 0.0294. The van der Waals surface area contributed by atoms with Crippen LogP contribution in [0.25, 0.3) is 21.7 Å². The Kier molecular flexibility index (Phi) is 8.01. The van der Waals surface area contributed by atoms with Gasteiger partial charge in [0.05, 0.1) is 0 Å². The van der Waals surface area contributed by atoms with E-state index < -0.39 is 29.5 Å². The molecule has 0 unspecified atom stereocenters. The van der Waals surface area contributed by atoms with Crippen molar-refractivity contribution in [3.05, 3.63) is 120 Å². The van der Waals surface area contributed by atoms with Crippen LogP contribution in [-0.4, -0.2) is 34.5 Å². The van der Waals surface area contributed by atoms with E-state index in [9.17, 15) is 14.4 Å². The predicted molar refractivity (Wildman–Crippen MR) is 159 cm³/mol. The zero-order chi connectivity index (χ0) is 28.8. The second kappa shape index (κ2) is 12.0. The van der Waals surface area contributed by atoms with Crippen LogP contribution >= 0.6 is 0 Å². The average molecular weight is 549 g/mol. The second-order valence-corrected chi connectivity index (χ2v) is 10.3. The number of hydrogen-bond donors (Lipinski definition) is 4. The quantitative estimate of drug-likeness (QED) is 0.201. The lowest BCUT2D eigenvalue weighted by Crippen LogP contribution is -2.61. The number of H-pyrrole nitrogens is 1. The van der Waals surface area contributed by atoms with Gasteiger partial charge in [0.1, 0.15) is 18.2 Å². The van der Waals surface area contributed by atoms with Crippen LogP contribution in [0.1, 0.15) is 23.6 Å². The van der Waals surface area contributed by atoms with Gasteiger partial charge in [0.15, 0.2) is 0 Å². The topological polar surface area (TPSA) is 126 Å². The SMILES string of the molecule is C[C@](Cc1ccccc1)(NC(=O)[C@H](Cc1c[nH]c2ccccc12)NC(=O)OCc1cccc2ccccc12)C(N)=O. The third-order valence-corrected chi connectivity index (χ3v) is 7.29. The van der Waals surface area contributed by atoms with E-state index in [-0.39, 0.29) is 19.4 Å². The van der Waals surface area contributed by atoms with Crippen LogP contribution in [0.4, 0.5) is 4.79 Å². The van der Waals surface area contributed by atoms with Gasteiger partial charge in [-0.15, -0.1) is 0 Å². The number of alkyl carbamates (subject to hydrolysis) is 1. The van der Waals surface area contributed by atoms with Crippen LogP contribution < -0.4 is 16.4 Å². The van der Waals surface area contributed by atoms with E-state index in [1.54, 1.807) is 6.92 Å². The van der Waals surface area contributed by atoms with Gasteiger partial charge in [-0.25, -0.2) is 4.79 Å². The minimum atomic E-state index is -1.38. The number of carbonyl (C=O) groups excluding carboxylic acids is 3. The number of aromatic nitrogens is 1. The summed E-state index contributed by atoms with van der Waals surface area (Å²) in [4.78, 5) is 42.5. The Morgan fingerprint density at radius 3 is 2.32 bits per heavy atom. The lowest BCUT2D eigenvalue weighted by molar-refractivity contribution is -0.132. The Labute approximate surface area is 237 Å². The van der Waals surface area contributed by atoms with Crippen molar-refractivity contribution in [3.8, 4) is 0 Å². The molecule has 41 heavy (non-hydrogen) atoms. The van der Waals surface area contributed by atoms with Gasteiger partial charge < -0.3 is 26.1 Å². The lowest BCUT2D eigenvalue weighted by Gasteiger charge is -2.30. The van der Waals surface area contributed by atoms with Gasteiger partial charge in [-0.3, -0.25) is 9.59 Å². The number of ether oxygens (including phenoxy) is 1. The summed E-state index contributed by atoms with van der Waals surface area (Å²) in [5.41, 5.74) is 7.81. The molecule has 4 aromatic carbocycles. The number of nitrogens with two attached hydrogens (primary N) is 1. The molecule has 8 nitrogen and oxygen atoms in total. The monoisotopic (exact) mass is 548 g/mol. The van der Waals surface area contributed by atoms with Crippen molar-refractivity contribution >= 4 is 39.6 Å². The zero-order valence-electron chi connectivity index (χ0n) is 22.7. The Morgan fingerprint density at radius 1 is 0.854 bits per heavy atom. The number of nitrogens with one attached hydrogen (secondary N) is 3. The molecule has 5 aromatic rings. The number of primary amides is 1. The summed E-state index contributed by atoms with van der Waals surface area (Å²) in [6.07, 6.45) is 1.42. The van der Waals surface area contributed by atoms with Gasteiger partial charge in [-0.2, -0.15) is 0 Å². The number of aromatic amines is 1. The molecule has 8 heteroatoms. The summed E-state index contributed by atoms with van der Waals surface area (Å²) in [5.74, 6) is -1.23. The Morgan fingerprint density at radius 2 is 1.54 bits per heavy atom. The normalized spacial score (nSPS) is 13.3. The van der Waals surface area contributed by atoms with Gasteiger partial charge in [-0.1, -0.05) is 91.0 Å². The molecule has 0 aliphatic rings. The molecule has 0 radical (unpaired) electrons. The number of rotatable bonds is 10. The third-order valence-electron chi connectivity index (χ3n) is 7.29. The third kappa shape index (κ3) is 6.38. The Balaban J connectivity index is 1.36. The smallest absolute Gasteiger partial charge is 0.408 e. The molecule has 0 aliphatic carbocycles. The van der Waals surface area contributed by atoms with Crippen LogP contribution in [0, 0.1) is 0 Å². The molecule has 5 N–H and O–H groups in total. The molecule has 5 rings (SSSR count). The van der Waals surface area contributed by atoms with E-state index >= 15 is 0 Å². The predicted octanol–water partition coefficient (Wildman–Crippen LogP) is 4.76. The van der Waals surface area contributed by atoms with Crippen molar-refractivity contribution < 1.29 is 19.1 Å². The first-order valence-electron chi connectivity index (χ1n) is 13.4. The largest absolute Gasteiger partial charge is 0.445 e. The van der Waals surface area contributed by atoms with Crippen LogP contribution in [0.3, 0.4) is 0 Å². The maximum absolute atomic E-state index is 13.7. The minimum Gasteiger partial charge on any atom is -0.445 e. The van der Waals surface area contributed by atoms with E-state index in [0.29, 0.717) is 0 Å². The Hall–Kier alpha value is -5.11. The number of amides is 3. The molecule has 0 bridgehead atoms. The fourth-order valence-electron chi connectivity index (χ4n) is 5.03. The molecule has 0 aliphatic heterocycles. The second-order valence-electron chi connectivity index (χ2n) is 10.3. The highest BCUT2D eigenvalue weighted by molar-refractivity contribution is 5.94. The molecule has 208 valence electrons. The van der Waals surface area contributed by atoms with Gasteiger partial charge >= 0.3 is 6.09 Å². The summed E-state index contributed by atoms with van der Waals surface area (Å²) < 4.78 is 5.57. The van der Waals surface area contributed by atoms with Gasteiger partial charge in [0.25, 0.3) is 0 Å². The highest BCUT2D eigenvalue weighted by atomic mass is 16.5. The van der Waals surface area contributed by atoms with Gasteiger partial charge in [-0.05, 0) is 40.5 Å². The average Bonchev–Trinajstić information content (AvgIpc) is 3.38. The first kappa shape index (κ1) is 27.5. The van der Waals surface area contributed by atoms with E-state index in [4.69, 9.17) is 10.5 Å². The summed E-state index contributed by atoms with van der Waals surface area (Å²) in [6, 6.07) is 29.6. The van der Waals surface area contributed by atoms with Crippen molar-refractivity contribution in [3.63, 3.8) is 0 Å². The van der Waals surface area contributed by atoms with E-state index in [1.165, 1.54) is 0 Å². The van der Waals surface area contributed by atoms with Crippen LogP contribution in [0.5, 0.6) is 0 Å². The first-order chi connectivity index (χ1) is 19.8. The fourth-order valence-corrected chi connectivity index (χ4v) is 5.03. The van der Waals surface area contributed by atoms with Crippen molar-refractivity contribution in [2.45, 2.75) is 38.0 Å². The lowest BCUT2D eigenvalue weighted by atomic mass is 9.91. The molecular weight excluding hydrogens is 516 g/mol. The highest BCUT2D eigenvalue weighted by Crippen LogP contribution is 2.21. The van der Waals surface area contributed by atoms with Crippen LogP contribution in [0.15, 0.2) is 103 Å². The standard InChI is InChI=1S/C33H32N4O4/c1-33(31(34)39,19-22-10-3-2-4-11-22)37-30(38)29(18-25-20-35-28-17-8-7-16-27(25)28)36-32(40)41-21-24-14-9-13-23-12-5-6-15-26(23)24/h2-17,20,29,35H,18-19,21H2,1H3,(H2,34,39)(H,36,40)(H,37,38)/t29-,33+/m0/s1. The summed E-state index contributed by atoms with van der Waals surface area (Å²) in [7, 11) is 0. The molecule has 1 aromatic heterocycles. The van der Waals surface area contributed by atoms with Crippen molar-refractivity contribution in [1.82, 2.24) is 15.6 Å². The fraction of sp³-hybridized carbons (Fsp3) is 0.182. The molecule has 2 atom stereocenters. The van der Waals surface area contributed by atoms with Gasteiger partial charge in [0.2, 0.25) is 11.8 Å². The maximum atomic E-state index is 13.7. The molecule has 3 amide bonds. The number of carbonyl (C=O) groups is 3. The molecule has 0 spiro atoms. The van der Waals surface area contributed by atoms with E-state index in [2.05, 4.69) is 15.6 Å². The van der Waals surface area contributed by atoms with E-state index in [0.717, 1.165) is 38.4 Å². The van der Waals surface area contributed by atoms with Crippen molar-refractivity contribution in [1.29, 1.82) is 0 Å². The summed E-state index contributed by atoms with van der Waals surface area (Å²) in [5, 5.41) is 8.48. The molecule has 0 fully saturated rings. The van der Waals surface area contributed by atoms with Crippen LogP contribution in [-0.2, 0) is 33.8 Å². The van der Waals surface area contributed by atoms with Gasteiger partial charge in [0, 0.05) is 29.9 Å². The van der Waals surface area contributed by atoms with E-state index in [1.807, 2.05) is 103 Å².